The zero-order valence-electron chi connectivity index (χ0n) is 15.0. The lowest BCUT2D eigenvalue weighted by atomic mass is 10.1. The summed E-state index contributed by atoms with van der Waals surface area (Å²) in [6, 6.07) is 5.81. The highest BCUT2D eigenvalue weighted by molar-refractivity contribution is 5.98. The van der Waals surface area contributed by atoms with Gasteiger partial charge in [0.1, 0.15) is 0 Å². The molecule has 3 rings (SSSR count). The number of amides is 2. The van der Waals surface area contributed by atoms with Crippen LogP contribution in [0.5, 0.6) is 0 Å². The number of carbonyl (C=O) groups is 3. The van der Waals surface area contributed by atoms with E-state index in [0.29, 0.717) is 25.1 Å². The highest BCUT2D eigenvalue weighted by Gasteiger charge is 2.28. The minimum atomic E-state index is -0.737. The molecule has 26 heavy (non-hydrogen) atoms. The molecule has 2 aromatic rings. The average molecular weight is 356 g/mol. The van der Waals surface area contributed by atoms with E-state index in [9.17, 15) is 14.4 Å². The molecule has 8 nitrogen and oxygen atoms in total. The van der Waals surface area contributed by atoms with Crippen molar-refractivity contribution in [3.8, 4) is 5.69 Å². The second kappa shape index (κ2) is 7.07. The Kier molecular flexibility index (Phi) is 4.83. The van der Waals surface area contributed by atoms with Gasteiger partial charge in [0, 0.05) is 13.0 Å². The van der Waals surface area contributed by atoms with Gasteiger partial charge in [0.15, 0.2) is 12.3 Å². The molecule has 0 radical (unpaired) electrons. The van der Waals surface area contributed by atoms with Gasteiger partial charge in [0.05, 0.1) is 11.4 Å². The van der Waals surface area contributed by atoms with Crippen molar-refractivity contribution >= 4 is 17.8 Å². The Bertz CT molecular complexity index is 887. The van der Waals surface area contributed by atoms with Crippen LogP contribution in [0.3, 0.4) is 0 Å². The third-order valence-corrected chi connectivity index (χ3v) is 4.24. The molecule has 0 spiro atoms. The van der Waals surface area contributed by atoms with Crippen molar-refractivity contribution < 1.29 is 19.1 Å². The standard InChI is InChI=1S/C18H20N4O4/c1-11-6-7-14(12(2)9-11)22-19-13(3)17(20-22)18(25)26-10-16(24)21-8-4-5-15(21)23/h6-7,9H,4-5,8,10H2,1-3H3. The van der Waals surface area contributed by atoms with E-state index in [1.165, 1.54) is 4.80 Å². The number of nitrogens with zero attached hydrogens (tertiary/aromatic N) is 4. The van der Waals surface area contributed by atoms with Crippen molar-refractivity contribution in [2.24, 2.45) is 0 Å². The number of ether oxygens (including phenoxy) is 1. The van der Waals surface area contributed by atoms with Crippen LogP contribution in [-0.4, -0.2) is 50.8 Å². The molecule has 0 aliphatic carbocycles. The van der Waals surface area contributed by atoms with Crippen LogP contribution in [-0.2, 0) is 14.3 Å². The summed E-state index contributed by atoms with van der Waals surface area (Å²) >= 11 is 0. The number of likely N-dealkylation sites (tertiary alicyclic amines) is 1. The van der Waals surface area contributed by atoms with E-state index in [1.54, 1.807) is 6.92 Å². The molecular weight excluding hydrogens is 336 g/mol. The van der Waals surface area contributed by atoms with Gasteiger partial charge in [-0.15, -0.1) is 5.10 Å². The number of hydrogen-bond acceptors (Lipinski definition) is 6. The van der Waals surface area contributed by atoms with Gasteiger partial charge in [0.2, 0.25) is 5.91 Å². The molecule has 1 fully saturated rings. The topological polar surface area (TPSA) is 94.4 Å². The summed E-state index contributed by atoms with van der Waals surface area (Å²) in [6.07, 6.45) is 0.991. The first kappa shape index (κ1) is 17.8. The Hall–Kier alpha value is -3.03. The molecule has 1 aliphatic heterocycles. The number of carbonyl (C=O) groups excluding carboxylic acids is 3. The van der Waals surface area contributed by atoms with E-state index in [1.807, 2.05) is 32.0 Å². The lowest BCUT2D eigenvalue weighted by molar-refractivity contribution is -0.143. The Labute approximate surface area is 150 Å². The van der Waals surface area contributed by atoms with Crippen LogP contribution in [0.1, 0.15) is 40.2 Å². The number of aromatic nitrogens is 3. The second-order valence-corrected chi connectivity index (χ2v) is 6.33. The van der Waals surface area contributed by atoms with Crippen molar-refractivity contribution in [1.29, 1.82) is 0 Å². The van der Waals surface area contributed by atoms with Gasteiger partial charge in [0.25, 0.3) is 5.91 Å². The molecule has 2 amide bonds. The molecule has 0 N–H and O–H groups in total. The third-order valence-electron chi connectivity index (χ3n) is 4.24. The predicted molar refractivity (Wildman–Crippen MR) is 91.8 cm³/mol. The number of esters is 1. The average Bonchev–Trinajstić information content (AvgIpc) is 3.18. The van der Waals surface area contributed by atoms with Crippen LogP contribution in [0.2, 0.25) is 0 Å². The maximum absolute atomic E-state index is 12.3. The summed E-state index contributed by atoms with van der Waals surface area (Å²) in [6.45, 7) is 5.46. The Morgan fingerprint density at radius 2 is 1.96 bits per heavy atom. The Balaban J connectivity index is 1.71. The van der Waals surface area contributed by atoms with Gasteiger partial charge < -0.3 is 4.74 Å². The lowest BCUT2D eigenvalue weighted by Crippen LogP contribution is -2.35. The van der Waals surface area contributed by atoms with Crippen molar-refractivity contribution in [2.75, 3.05) is 13.2 Å². The lowest BCUT2D eigenvalue weighted by Gasteiger charge is -2.12. The molecule has 1 aliphatic rings. The quantitative estimate of drug-likeness (QED) is 0.771. The predicted octanol–water partition coefficient (Wildman–Crippen LogP) is 1.50. The van der Waals surface area contributed by atoms with E-state index in [4.69, 9.17) is 4.74 Å². The van der Waals surface area contributed by atoms with Crippen molar-refractivity contribution in [3.63, 3.8) is 0 Å². The van der Waals surface area contributed by atoms with Crippen LogP contribution < -0.4 is 0 Å². The minimum Gasteiger partial charge on any atom is -0.451 e. The summed E-state index contributed by atoms with van der Waals surface area (Å²) < 4.78 is 5.03. The molecule has 0 atom stereocenters. The number of rotatable bonds is 4. The van der Waals surface area contributed by atoms with Gasteiger partial charge in [-0.1, -0.05) is 17.7 Å². The first-order valence-electron chi connectivity index (χ1n) is 8.38. The van der Waals surface area contributed by atoms with E-state index < -0.39 is 18.5 Å². The van der Waals surface area contributed by atoms with Crippen molar-refractivity contribution in [1.82, 2.24) is 19.9 Å². The van der Waals surface area contributed by atoms with Gasteiger partial charge in [-0.2, -0.15) is 9.90 Å². The first-order valence-corrected chi connectivity index (χ1v) is 8.38. The monoisotopic (exact) mass is 356 g/mol. The highest BCUT2D eigenvalue weighted by atomic mass is 16.5. The van der Waals surface area contributed by atoms with E-state index in [2.05, 4.69) is 10.2 Å². The fraction of sp³-hybridized carbons (Fsp3) is 0.389. The summed E-state index contributed by atoms with van der Waals surface area (Å²) in [5.74, 6) is -1.48. The largest absolute Gasteiger partial charge is 0.451 e. The molecular formula is C18H20N4O4. The highest BCUT2D eigenvalue weighted by Crippen LogP contribution is 2.16. The van der Waals surface area contributed by atoms with Crippen molar-refractivity contribution in [2.45, 2.75) is 33.6 Å². The number of hydrogen-bond donors (Lipinski definition) is 0. The van der Waals surface area contributed by atoms with Crippen LogP contribution >= 0.6 is 0 Å². The van der Waals surface area contributed by atoms with E-state index >= 15 is 0 Å². The van der Waals surface area contributed by atoms with Crippen LogP contribution in [0.15, 0.2) is 18.2 Å². The zero-order valence-corrected chi connectivity index (χ0v) is 15.0. The smallest absolute Gasteiger partial charge is 0.361 e. The minimum absolute atomic E-state index is 0.0468. The van der Waals surface area contributed by atoms with E-state index in [-0.39, 0.29) is 11.6 Å². The van der Waals surface area contributed by atoms with Crippen LogP contribution in [0, 0.1) is 20.8 Å². The normalized spacial score (nSPS) is 14.0. The van der Waals surface area contributed by atoms with Gasteiger partial charge in [-0.05, 0) is 38.8 Å². The molecule has 1 saturated heterocycles. The summed E-state index contributed by atoms with van der Waals surface area (Å²) in [4.78, 5) is 38.3. The molecule has 8 heteroatoms. The Morgan fingerprint density at radius 1 is 1.19 bits per heavy atom. The Morgan fingerprint density at radius 3 is 2.62 bits per heavy atom. The first-order chi connectivity index (χ1) is 12.4. The molecule has 136 valence electrons. The maximum Gasteiger partial charge on any atom is 0.361 e. The summed E-state index contributed by atoms with van der Waals surface area (Å²) in [5.41, 5.74) is 3.30. The van der Waals surface area contributed by atoms with Gasteiger partial charge in [-0.25, -0.2) is 4.79 Å². The van der Waals surface area contributed by atoms with Crippen LogP contribution in [0.25, 0.3) is 5.69 Å². The zero-order chi connectivity index (χ0) is 18.8. The molecule has 0 unspecified atom stereocenters. The fourth-order valence-electron chi connectivity index (χ4n) is 2.89. The second-order valence-electron chi connectivity index (χ2n) is 6.33. The third kappa shape index (κ3) is 3.49. The van der Waals surface area contributed by atoms with Crippen molar-refractivity contribution in [3.05, 3.63) is 40.7 Å². The molecule has 1 aromatic carbocycles. The maximum atomic E-state index is 12.3. The SMILES string of the molecule is Cc1ccc(-n2nc(C)c(C(=O)OCC(=O)N3CCCC3=O)n2)c(C)c1. The summed E-state index contributed by atoms with van der Waals surface area (Å²) in [5, 5.41) is 8.46. The fourth-order valence-corrected chi connectivity index (χ4v) is 2.89. The number of aryl methyl sites for hydroxylation is 3. The van der Waals surface area contributed by atoms with E-state index in [0.717, 1.165) is 21.7 Å². The number of imide groups is 1. The number of benzene rings is 1. The van der Waals surface area contributed by atoms with Gasteiger partial charge >= 0.3 is 5.97 Å². The van der Waals surface area contributed by atoms with Gasteiger partial charge in [-0.3, -0.25) is 14.5 Å². The molecule has 0 saturated carbocycles. The molecule has 1 aromatic heterocycles. The molecule has 2 heterocycles. The molecule has 0 bridgehead atoms. The van der Waals surface area contributed by atoms with Crippen LogP contribution in [0.4, 0.5) is 0 Å². The summed E-state index contributed by atoms with van der Waals surface area (Å²) in [7, 11) is 0.